The van der Waals surface area contributed by atoms with Crippen molar-refractivity contribution in [3.63, 3.8) is 0 Å². The number of ketones is 1. The molecule has 5 rings (SSSR count). The van der Waals surface area contributed by atoms with Gasteiger partial charge in [-0.05, 0) is 49.9 Å². The van der Waals surface area contributed by atoms with Crippen molar-refractivity contribution in [2.45, 2.75) is 77.0 Å². The highest BCUT2D eigenvalue weighted by Gasteiger charge is 2.47. The van der Waals surface area contributed by atoms with Crippen LogP contribution in [0.25, 0.3) is 11.3 Å². The Hall–Kier alpha value is -2.66. The van der Waals surface area contributed by atoms with Gasteiger partial charge in [0, 0.05) is 48.0 Å². The summed E-state index contributed by atoms with van der Waals surface area (Å²) in [6.07, 6.45) is 5.79. The molecule has 3 fully saturated rings. The highest BCUT2D eigenvalue weighted by atomic mass is 32.2. The molecule has 1 saturated heterocycles. The standard InChI is InChI=1S/C29H37N3O4S/c1-28(2,3)27-31-25(23-7-5-4-6-22(23)24(33)18-29(19-30)12-13-29)26(36-27)20-8-10-21(11-9-20)32-14-16-37(34,35)17-15-32/h8-11,22-23H,4-7,12-18H2,1-3H3/t22-,23-/m1/s1. The molecule has 2 atom stereocenters. The molecule has 0 unspecified atom stereocenters. The molecule has 2 aliphatic carbocycles. The molecule has 0 radical (unpaired) electrons. The van der Waals surface area contributed by atoms with Gasteiger partial charge < -0.3 is 9.32 Å². The zero-order valence-corrected chi connectivity index (χ0v) is 22.9. The number of nitrogens with zero attached hydrogens (tertiary/aromatic N) is 3. The topological polar surface area (TPSA) is 104 Å². The van der Waals surface area contributed by atoms with E-state index in [1.165, 1.54) is 0 Å². The van der Waals surface area contributed by atoms with Crippen molar-refractivity contribution in [2.24, 2.45) is 11.3 Å². The summed E-state index contributed by atoms with van der Waals surface area (Å²) in [4.78, 5) is 20.6. The zero-order chi connectivity index (χ0) is 26.4. The molecule has 0 bridgehead atoms. The Bertz CT molecular complexity index is 1300. The molecule has 0 spiro atoms. The number of carbonyl (C=O) groups excluding carboxylic acids is 1. The molecule has 0 N–H and O–H groups in total. The van der Waals surface area contributed by atoms with Gasteiger partial charge in [-0.15, -0.1) is 0 Å². The van der Waals surface area contributed by atoms with Gasteiger partial charge in [0.1, 0.15) is 5.78 Å². The third-order valence-corrected chi connectivity index (χ3v) is 9.88. The monoisotopic (exact) mass is 523 g/mol. The largest absolute Gasteiger partial charge is 0.440 e. The number of sulfone groups is 1. The normalized spacial score (nSPS) is 24.9. The van der Waals surface area contributed by atoms with E-state index in [9.17, 15) is 18.5 Å². The highest BCUT2D eigenvalue weighted by molar-refractivity contribution is 7.91. The Balaban J connectivity index is 1.45. The fraction of sp³-hybridized carbons (Fsp3) is 0.621. The highest BCUT2D eigenvalue weighted by Crippen LogP contribution is 2.51. The van der Waals surface area contributed by atoms with Crippen LogP contribution in [0.2, 0.25) is 0 Å². The van der Waals surface area contributed by atoms with Crippen molar-refractivity contribution >= 4 is 21.3 Å². The summed E-state index contributed by atoms with van der Waals surface area (Å²) in [5.74, 6) is 1.80. The minimum Gasteiger partial charge on any atom is -0.440 e. The third kappa shape index (κ3) is 5.47. The molecular formula is C29H37N3O4S. The minimum absolute atomic E-state index is 0.0161. The Kier molecular flexibility index (Phi) is 6.72. The number of hydrogen-bond donors (Lipinski definition) is 0. The molecule has 0 amide bonds. The molecule has 2 heterocycles. The minimum atomic E-state index is -2.94. The van der Waals surface area contributed by atoms with E-state index in [1.54, 1.807) is 0 Å². The van der Waals surface area contributed by atoms with E-state index in [0.717, 1.165) is 61.2 Å². The van der Waals surface area contributed by atoms with Crippen molar-refractivity contribution in [1.29, 1.82) is 5.26 Å². The predicted molar refractivity (Wildman–Crippen MR) is 143 cm³/mol. The maximum absolute atomic E-state index is 13.5. The molecule has 2 saturated carbocycles. The van der Waals surface area contributed by atoms with E-state index < -0.39 is 15.3 Å². The number of anilines is 1. The number of oxazole rings is 1. The first kappa shape index (κ1) is 26.0. The second-order valence-electron chi connectivity index (χ2n) is 12.2. The van der Waals surface area contributed by atoms with E-state index in [-0.39, 0.29) is 34.5 Å². The number of aromatic nitrogens is 1. The Labute approximate surface area is 220 Å². The van der Waals surface area contributed by atoms with Crippen LogP contribution < -0.4 is 4.90 Å². The van der Waals surface area contributed by atoms with Crippen molar-refractivity contribution in [3.05, 3.63) is 35.9 Å². The average Bonchev–Trinajstić information content (AvgIpc) is 3.49. The lowest BCUT2D eigenvalue weighted by Crippen LogP contribution is -2.40. The van der Waals surface area contributed by atoms with E-state index in [2.05, 4.69) is 31.7 Å². The molecule has 2 aromatic rings. The Morgan fingerprint density at radius 1 is 1.14 bits per heavy atom. The lowest BCUT2D eigenvalue weighted by Gasteiger charge is -2.30. The van der Waals surface area contributed by atoms with Gasteiger partial charge in [-0.3, -0.25) is 4.79 Å². The van der Waals surface area contributed by atoms with Crippen LogP contribution in [0.15, 0.2) is 28.7 Å². The quantitative estimate of drug-likeness (QED) is 0.498. The van der Waals surface area contributed by atoms with Crippen LogP contribution in [0.5, 0.6) is 0 Å². The van der Waals surface area contributed by atoms with Crippen LogP contribution in [0.3, 0.4) is 0 Å². The molecule has 37 heavy (non-hydrogen) atoms. The average molecular weight is 524 g/mol. The first-order valence-corrected chi connectivity index (χ1v) is 15.3. The van der Waals surface area contributed by atoms with Crippen LogP contribution in [0.4, 0.5) is 5.69 Å². The molecule has 1 aromatic heterocycles. The van der Waals surface area contributed by atoms with Gasteiger partial charge in [0.25, 0.3) is 0 Å². The van der Waals surface area contributed by atoms with Crippen LogP contribution in [0.1, 0.15) is 83.2 Å². The summed E-state index contributed by atoms with van der Waals surface area (Å²) in [6.45, 7) is 7.23. The fourth-order valence-electron chi connectivity index (χ4n) is 5.69. The van der Waals surface area contributed by atoms with Gasteiger partial charge >= 0.3 is 0 Å². The van der Waals surface area contributed by atoms with Crippen LogP contribution >= 0.6 is 0 Å². The van der Waals surface area contributed by atoms with Crippen molar-refractivity contribution in [1.82, 2.24) is 4.98 Å². The number of benzene rings is 1. The number of carbonyl (C=O) groups is 1. The molecule has 1 aliphatic heterocycles. The van der Waals surface area contributed by atoms with Crippen LogP contribution in [0, 0.1) is 22.7 Å². The van der Waals surface area contributed by atoms with Gasteiger partial charge in [0.05, 0.1) is 28.7 Å². The first-order chi connectivity index (χ1) is 17.5. The lowest BCUT2D eigenvalue weighted by atomic mass is 9.73. The summed E-state index contributed by atoms with van der Waals surface area (Å²) >= 11 is 0. The van der Waals surface area contributed by atoms with Crippen LogP contribution in [-0.4, -0.2) is 43.8 Å². The van der Waals surface area contributed by atoms with E-state index in [1.807, 2.05) is 24.3 Å². The maximum Gasteiger partial charge on any atom is 0.200 e. The van der Waals surface area contributed by atoms with E-state index in [0.29, 0.717) is 25.4 Å². The maximum atomic E-state index is 13.5. The van der Waals surface area contributed by atoms with Gasteiger partial charge in [0.15, 0.2) is 15.6 Å². The molecule has 1 aromatic carbocycles. The van der Waals surface area contributed by atoms with Gasteiger partial charge in [0.2, 0.25) is 5.89 Å². The molecule has 8 heteroatoms. The molecule has 198 valence electrons. The summed E-state index contributed by atoms with van der Waals surface area (Å²) in [7, 11) is -2.94. The molecule has 3 aliphatic rings. The SMILES string of the molecule is CC(C)(C)c1nc([C@@H]2CCCC[C@H]2C(=O)CC2(C#N)CC2)c(-c2ccc(N3CCS(=O)(=O)CC3)cc2)o1. The fourth-order valence-corrected chi connectivity index (χ4v) is 6.89. The van der Waals surface area contributed by atoms with Gasteiger partial charge in [-0.1, -0.05) is 33.6 Å². The van der Waals surface area contributed by atoms with E-state index in [4.69, 9.17) is 9.40 Å². The smallest absolute Gasteiger partial charge is 0.200 e. The van der Waals surface area contributed by atoms with Gasteiger partial charge in [-0.25, -0.2) is 13.4 Å². The number of rotatable bonds is 6. The molecule has 7 nitrogen and oxygen atoms in total. The molecular weight excluding hydrogens is 486 g/mol. The van der Waals surface area contributed by atoms with E-state index >= 15 is 0 Å². The number of nitriles is 1. The zero-order valence-electron chi connectivity index (χ0n) is 22.1. The van der Waals surface area contributed by atoms with Crippen molar-refractivity contribution in [3.8, 4) is 17.4 Å². The third-order valence-electron chi connectivity index (χ3n) is 8.27. The Morgan fingerprint density at radius 2 is 1.78 bits per heavy atom. The van der Waals surface area contributed by atoms with Crippen molar-refractivity contribution in [2.75, 3.05) is 29.5 Å². The number of hydrogen-bond acceptors (Lipinski definition) is 7. The number of Topliss-reactive ketones (excluding diaryl/α,β-unsaturated/α-hetero) is 1. The Morgan fingerprint density at radius 3 is 2.38 bits per heavy atom. The summed E-state index contributed by atoms with van der Waals surface area (Å²) in [5, 5.41) is 9.55. The van der Waals surface area contributed by atoms with Gasteiger partial charge in [-0.2, -0.15) is 5.26 Å². The van der Waals surface area contributed by atoms with Crippen LogP contribution in [-0.2, 0) is 20.0 Å². The predicted octanol–water partition coefficient (Wildman–Crippen LogP) is 5.41. The summed E-state index contributed by atoms with van der Waals surface area (Å²) in [6, 6.07) is 10.5. The van der Waals surface area contributed by atoms with Crippen molar-refractivity contribution < 1.29 is 17.6 Å². The first-order valence-electron chi connectivity index (χ1n) is 13.5. The lowest BCUT2D eigenvalue weighted by molar-refractivity contribution is -0.125. The summed E-state index contributed by atoms with van der Waals surface area (Å²) in [5.41, 5.74) is 2.05. The summed E-state index contributed by atoms with van der Waals surface area (Å²) < 4.78 is 30.1. The second-order valence-corrected chi connectivity index (χ2v) is 14.5. The second kappa shape index (κ2) is 9.58.